The van der Waals surface area contributed by atoms with Crippen LogP contribution in [0.25, 0.3) is 0 Å². The van der Waals surface area contributed by atoms with Crippen LogP contribution in [0.3, 0.4) is 0 Å². The average molecular weight is 166 g/mol. The van der Waals surface area contributed by atoms with Gasteiger partial charge in [-0.15, -0.1) is 0 Å². The summed E-state index contributed by atoms with van der Waals surface area (Å²) in [5.41, 5.74) is -0.340. The van der Waals surface area contributed by atoms with Gasteiger partial charge in [0.25, 0.3) is 0 Å². The third kappa shape index (κ3) is 1.60. The van der Waals surface area contributed by atoms with E-state index in [9.17, 15) is 4.79 Å². The normalized spacial score (nSPS) is 26.8. The van der Waals surface area contributed by atoms with Crippen molar-refractivity contribution in [3.63, 3.8) is 0 Å². The number of Topliss-reactive ketones (excluding diaryl/α,β-unsaturated/α-hetero) is 1. The number of carbonyl (C=O) groups excluding carboxylic acids is 1. The van der Waals surface area contributed by atoms with Crippen molar-refractivity contribution in [2.45, 2.75) is 40.5 Å². The van der Waals surface area contributed by atoms with Crippen LogP contribution in [0.4, 0.5) is 0 Å². The average Bonchev–Trinajstić information content (AvgIpc) is 2.02. The first-order valence-electron chi connectivity index (χ1n) is 4.56. The minimum Gasteiger partial charge on any atom is -0.298 e. The molecule has 0 N–H and O–H groups in total. The number of allylic oxidation sites excluding steroid dienone is 2. The van der Waals surface area contributed by atoms with Crippen LogP contribution >= 0.6 is 0 Å². The lowest BCUT2D eigenvalue weighted by Gasteiger charge is -2.29. The first-order valence-corrected chi connectivity index (χ1v) is 4.56. The summed E-state index contributed by atoms with van der Waals surface area (Å²) in [7, 11) is 0. The fourth-order valence-corrected chi connectivity index (χ4v) is 1.86. The summed E-state index contributed by atoms with van der Waals surface area (Å²) >= 11 is 0. The van der Waals surface area contributed by atoms with Crippen molar-refractivity contribution in [1.82, 2.24) is 0 Å². The molecule has 1 aliphatic rings. The molecule has 0 unspecified atom stereocenters. The molecule has 0 atom stereocenters. The molecule has 0 saturated heterocycles. The molecule has 68 valence electrons. The Kier molecular flexibility index (Phi) is 2.15. The van der Waals surface area contributed by atoms with Gasteiger partial charge in [-0.05, 0) is 12.8 Å². The molecule has 0 bridgehead atoms. The fourth-order valence-electron chi connectivity index (χ4n) is 1.86. The van der Waals surface area contributed by atoms with Crippen LogP contribution in [-0.4, -0.2) is 5.78 Å². The maximum Gasteiger partial charge on any atom is 0.144 e. The number of hydrogen-bond acceptors (Lipinski definition) is 1. The molecule has 0 heterocycles. The van der Waals surface area contributed by atoms with Gasteiger partial charge in [0, 0.05) is 10.8 Å². The van der Waals surface area contributed by atoms with E-state index >= 15 is 0 Å². The third-order valence-electron chi connectivity index (χ3n) is 2.65. The molecule has 0 aromatic rings. The second-order valence-corrected chi connectivity index (χ2v) is 4.98. The minimum atomic E-state index is -0.170. The lowest BCUT2D eigenvalue weighted by atomic mass is 9.72. The summed E-state index contributed by atoms with van der Waals surface area (Å²) < 4.78 is 0. The van der Waals surface area contributed by atoms with Gasteiger partial charge in [-0.3, -0.25) is 4.79 Å². The molecule has 1 heteroatoms. The third-order valence-corrected chi connectivity index (χ3v) is 2.65. The van der Waals surface area contributed by atoms with Crippen molar-refractivity contribution >= 4 is 5.78 Å². The smallest absolute Gasteiger partial charge is 0.144 e. The Labute approximate surface area is 74.9 Å². The van der Waals surface area contributed by atoms with Crippen LogP contribution in [-0.2, 0) is 4.79 Å². The Morgan fingerprint density at radius 2 is 1.33 bits per heavy atom. The largest absolute Gasteiger partial charge is 0.298 e. The van der Waals surface area contributed by atoms with E-state index in [4.69, 9.17) is 0 Å². The van der Waals surface area contributed by atoms with Gasteiger partial charge in [0.15, 0.2) is 0 Å². The maximum atomic E-state index is 11.9. The molecule has 0 spiro atoms. The van der Waals surface area contributed by atoms with Gasteiger partial charge in [-0.1, -0.05) is 39.8 Å². The fraction of sp³-hybridized carbons (Fsp3) is 0.727. The zero-order chi connectivity index (χ0) is 9.41. The van der Waals surface area contributed by atoms with Gasteiger partial charge in [0.1, 0.15) is 5.78 Å². The second kappa shape index (κ2) is 2.72. The van der Waals surface area contributed by atoms with E-state index in [1.54, 1.807) is 0 Å². The number of rotatable bonds is 0. The van der Waals surface area contributed by atoms with E-state index in [0.717, 1.165) is 12.8 Å². The molecule has 0 fully saturated rings. The van der Waals surface area contributed by atoms with Crippen molar-refractivity contribution in [2.24, 2.45) is 10.8 Å². The molecule has 0 amide bonds. The predicted molar refractivity (Wildman–Crippen MR) is 50.9 cm³/mol. The summed E-state index contributed by atoms with van der Waals surface area (Å²) in [6.45, 7) is 8.14. The Balaban J connectivity index is 2.98. The highest BCUT2D eigenvalue weighted by Crippen LogP contribution is 2.37. The van der Waals surface area contributed by atoms with Gasteiger partial charge >= 0.3 is 0 Å². The summed E-state index contributed by atoms with van der Waals surface area (Å²) in [5.74, 6) is 0.389. The number of ketones is 1. The van der Waals surface area contributed by atoms with E-state index in [-0.39, 0.29) is 10.8 Å². The zero-order valence-electron chi connectivity index (χ0n) is 8.48. The quantitative estimate of drug-likeness (QED) is 0.506. The van der Waals surface area contributed by atoms with E-state index in [2.05, 4.69) is 12.2 Å². The van der Waals surface area contributed by atoms with E-state index in [1.807, 2.05) is 27.7 Å². The number of carbonyl (C=O) groups is 1. The zero-order valence-corrected chi connectivity index (χ0v) is 8.48. The topological polar surface area (TPSA) is 17.1 Å². The van der Waals surface area contributed by atoms with Crippen molar-refractivity contribution in [3.8, 4) is 0 Å². The molecule has 0 aliphatic heterocycles. The molecule has 1 aliphatic carbocycles. The van der Waals surface area contributed by atoms with E-state index in [0.29, 0.717) is 5.78 Å². The van der Waals surface area contributed by atoms with E-state index < -0.39 is 0 Å². The summed E-state index contributed by atoms with van der Waals surface area (Å²) in [6.07, 6.45) is 6.03. The summed E-state index contributed by atoms with van der Waals surface area (Å²) in [5, 5.41) is 0. The predicted octanol–water partition coefficient (Wildman–Crippen LogP) is 2.96. The maximum absolute atomic E-state index is 11.9. The van der Waals surface area contributed by atoms with Crippen molar-refractivity contribution in [2.75, 3.05) is 0 Å². The monoisotopic (exact) mass is 166 g/mol. The molecule has 0 radical (unpaired) electrons. The van der Waals surface area contributed by atoms with Gasteiger partial charge in [0.2, 0.25) is 0 Å². The van der Waals surface area contributed by atoms with Gasteiger partial charge in [0.05, 0.1) is 0 Å². The standard InChI is InChI=1S/C11H18O/c1-10(2)7-5-6-8-11(3,4)9(10)12/h5-6H,7-8H2,1-4H3. The molecule has 0 saturated carbocycles. The van der Waals surface area contributed by atoms with Crippen LogP contribution in [0.15, 0.2) is 12.2 Å². The lowest BCUT2D eigenvalue weighted by Crippen LogP contribution is -2.35. The van der Waals surface area contributed by atoms with Crippen LogP contribution < -0.4 is 0 Å². The Morgan fingerprint density at radius 3 is 1.67 bits per heavy atom. The van der Waals surface area contributed by atoms with Gasteiger partial charge in [-0.2, -0.15) is 0 Å². The lowest BCUT2D eigenvalue weighted by molar-refractivity contribution is -0.135. The van der Waals surface area contributed by atoms with E-state index in [1.165, 1.54) is 0 Å². The summed E-state index contributed by atoms with van der Waals surface area (Å²) in [4.78, 5) is 11.9. The van der Waals surface area contributed by atoms with Crippen LogP contribution in [0.2, 0.25) is 0 Å². The first kappa shape index (κ1) is 9.50. The number of hydrogen-bond donors (Lipinski definition) is 0. The van der Waals surface area contributed by atoms with Gasteiger partial charge < -0.3 is 0 Å². The minimum absolute atomic E-state index is 0.170. The van der Waals surface area contributed by atoms with Crippen molar-refractivity contribution < 1.29 is 4.79 Å². The molecule has 1 nitrogen and oxygen atoms in total. The Hall–Kier alpha value is -0.590. The van der Waals surface area contributed by atoms with Gasteiger partial charge in [-0.25, -0.2) is 0 Å². The van der Waals surface area contributed by atoms with Crippen LogP contribution in [0, 0.1) is 10.8 Å². The van der Waals surface area contributed by atoms with Crippen molar-refractivity contribution in [1.29, 1.82) is 0 Å². The van der Waals surface area contributed by atoms with Crippen LogP contribution in [0.5, 0.6) is 0 Å². The molecule has 0 aromatic heterocycles. The molecule has 0 aromatic carbocycles. The Morgan fingerprint density at radius 1 is 1.00 bits per heavy atom. The first-order chi connectivity index (χ1) is 5.36. The highest BCUT2D eigenvalue weighted by atomic mass is 16.1. The summed E-state index contributed by atoms with van der Waals surface area (Å²) in [6, 6.07) is 0. The van der Waals surface area contributed by atoms with Crippen LogP contribution in [0.1, 0.15) is 40.5 Å². The highest BCUT2D eigenvalue weighted by Gasteiger charge is 2.38. The molecular formula is C11H18O. The second-order valence-electron chi connectivity index (χ2n) is 4.98. The van der Waals surface area contributed by atoms with Crippen molar-refractivity contribution in [3.05, 3.63) is 12.2 Å². The molecular weight excluding hydrogens is 148 g/mol. The highest BCUT2D eigenvalue weighted by molar-refractivity contribution is 5.89. The molecule has 1 rings (SSSR count). The molecule has 12 heavy (non-hydrogen) atoms. The SMILES string of the molecule is CC1(C)CC=CCC(C)(C)C1=O. The Bertz CT molecular complexity index is 199.